The van der Waals surface area contributed by atoms with Gasteiger partial charge in [-0.25, -0.2) is 0 Å². The van der Waals surface area contributed by atoms with Crippen molar-refractivity contribution < 1.29 is 9.90 Å². The number of hydrogen-bond donors (Lipinski definition) is 1. The van der Waals surface area contributed by atoms with E-state index in [1.54, 1.807) is 11.8 Å². The predicted molar refractivity (Wildman–Crippen MR) is 57.7 cm³/mol. The first-order valence-corrected chi connectivity index (χ1v) is 6.33. The van der Waals surface area contributed by atoms with Gasteiger partial charge in [-0.2, -0.15) is 11.8 Å². The second-order valence-corrected chi connectivity index (χ2v) is 5.64. The molecule has 2 heterocycles. The fraction of sp³-hybridized carbons (Fsp3) is 0.900. The Morgan fingerprint density at radius 3 is 2.57 bits per heavy atom. The zero-order valence-electron chi connectivity index (χ0n) is 8.53. The van der Waals surface area contributed by atoms with Crippen molar-refractivity contribution in [2.24, 2.45) is 0 Å². The van der Waals surface area contributed by atoms with Crippen LogP contribution >= 0.6 is 11.8 Å². The van der Waals surface area contributed by atoms with Crippen molar-refractivity contribution >= 4 is 17.7 Å². The lowest BCUT2D eigenvalue weighted by atomic mass is 9.91. The number of nitrogens with zero attached hydrogens (tertiary/aromatic N) is 1. The van der Waals surface area contributed by atoms with E-state index in [4.69, 9.17) is 0 Å². The van der Waals surface area contributed by atoms with Gasteiger partial charge in [-0.05, 0) is 38.1 Å². The summed E-state index contributed by atoms with van der Waals surface area (Å²) in [4.78, 5) is 13.7. The molecule has 0 aliphatic carbocycles. The van der Waals surface area contributed by atoms with Crippen molar-refractivity contribution in [2.75, 3.05) is 18.8 Å². The summed E-state index contributed by atoms with van der Waals surface area (Å²) in [5.41, 5.74) is -0.554. The van der Waals surface area contributed by atoms with Crippen LogP contribution in [0.5, 0.6) is 0 Å². The lowest BCUT2D eigenvalue weighted by molar-refractivity contribution is -0.150. The third-order valence-electron chi connectivity index (χ3n) is 3.56. The van der Waals surface area contributed by atoms with E-state index in [-0.39, 0.29) is 5.25 Å². The van der Waals surface area contributed by atoms with Gasteiger partial charge in [-0.1, -0.05) is 6.92 Å². The molecule has 0 bridgehead atoms. The first-order valence-electron chi connectivity index (χ1n) is 5.28. The predicted octanol–water partition coefficient (Wildman–Crippen LogP) is 1.43. The summed E-state index contributed by atoms with van der Waals surface area (Å²) in [6.45, 7) is 4.00. The molecule has 0 aromatic heterocycles. The average molecular weight is 215 g/mol. The summed E-state index contributed by atoms with van der Waals surface area (Å²) in [7, 11) is 0. The van der Waals surface area contributed by atoms with Crippen LogP contribution in [0.3, 0.4) is 0 Å². The van der Waals surface area contributed by atoms with Crippen molar-refractivity contribution in [1.29, 1.82) is 0 Å². The molecule has 2 atom stereocenters. The zero-order chi connectivity index (χ0) is 10.2. The quantitative estimate of drug-likeness (QED) is 0.756. The fourth-order valence-corrected chi connectivity index (χ4v) is 4.11. The summed E-state index contributed by atoms with van der Waals surface area (Å²) in [5, 5.41) is 9.67. The van der Waals surface area contributed by atoms with Gasteiger partial charge in [0.2, 0.25) is 0 Å². The number of likely N-dealkylation sites (tertiary alicyclic amines) is 1. The Morgan fingerprint density at radius 1 is 1.50 bits per heavy atom. The van der Waals surface area contributed by atoms with Crippen molar-refractivity contribution in [3.8, 4) is 0 Å². The number of rotatable bonds is 2. The molecule has 4 heteroatoms. The maximum absolute atomic E-state index is 11.5. The van der Waals surface area contributed by atoms with Crippen LogP contribution < -0.4 is 0 Å². The van der Waals surface area contributed by atoms with Crippen LogP contribution in [0.25, 0.3) is 0 Å². The number of carbonyl (C=O) groups is 1. The van der Waals surface area contributed by atoms with Gasteiger partial charge in [0.05, 0.1) is 0 Å². The normalized spacial score (nSPS) is 39.1. The summed E-state index contributed by atoms with van der Waals surface area (Å²) >= 11 is 1.80. The van der Waals surface area contributed by atoms with Gasteiger partial charge in [-0.3, -0.25) is 9.69 Å². The second kappa shape index (κ2) is 3.74. The molecule has 0 radical (unpaired) electrons. The number of carboxylic acid groups (broad SMARTS) is 1. The standard InChI is InChI=1S/C10H17NO2S/c1-8-10(9(12)13,4-7-14-8)11-5-2-3-6-11/h8H,2-7H2,1H3,(H,12,13). The maximum Gasteiger partial charge on any atom is 0.325 e. The molecule has 2 rings (SSSR count). The van der Waals surface area contributed by atoms with Crippen LogP contribution in [-0.4, -0.2) is 45.6 Å². The minimum Gasteiger partial charge on any atom is -0.480 e. The molecule has 1 N–H and O–H groups in total. The van der Waals surface area contributed by atoms with Gasteiger partial charge in [0.25, 0.3) is 0 Å². The third-order valence-corrected chi connectivity index (χ3v) is 4.89. The average Bonchev–Trinajstić information content (AvgIpc) is 2.72. The van der Waals surface area contributed by atoms with Gasteiger partial charge in [-0.15, -0.1) is 0 Å². The Hall–Kier alpha value is -0.220. The van der Waals surface area contributed by atoms with E-state index in [0.717, 1.165) is 38.1 Å². The van der Waals surface area contributed by atoms with Gasteiger partial charge in [0.1, 0.15) is 5.54 Å². The fourth-order valence-electron chi connectivity index (χ4n) is 2.68. The minimum absolute atomic E-state index is 0.234. The molecule has 2 unspecified atom stereocenters. The molecular weight excluding hydrogens is 198 g/mol. The topological polar surface area (TPSA) is 40.5 Å². The molecule has 2 fully saturated rings. The van der Waals surface area contributed by atoms with Gasteiger partial charge >= 0.3 is 5.97 Å². The van der Waals surface area contributed by atoms with Crippen molar-refractivity contribution in [2.45, 2.75) is 37.0 Å². The molecule has 0 aromatic rings. The number of aliphatic carboxylic acids is 1. The molecular formula is C10H17NO2S. The highest BCUT2D eigenvalue weighted by atomic mass is 32.2. The van der Waals surface area contributed by atoms with Crippen LogP contribution in [0.1, 0.15) is 26.2 Å². The van der Waals surface area contributed by atoms with E-state index in [0.29, 0.717) is 0 Å². The lowest BCUT2D eigenvalue weighted by Crippen LogP contribution is -2.57. The maximum atomic E-state index is 11.5. The molecule has 2 aliphatic rings. The second-order valence-electron chi connectivity index (χ2n) is 4.19. The highest BCUT2D eigenvalue weighted by Crippen LogP contribution is 2.41. The van der Waals surface area contributed by atoms with Crippen molar-refractivity contribution in [1.82, 2.24) is 4.90 Å². The molecule has 80 valence electrons. The Bertz CT molecular complexity index is 240. The van der Waals surface area contributed by atoms with Crippen molar-refractivity contribution in [3.63, 3.8) is 0 Å². The molecule has 2 saturated heterocycles. The highest BCUT2D eigenvalue weighted by molar-refractivity contribution is 8.00. The van der Waals surface area contributed by atoms with Crippen LogP contribution in [0.4, 0.5) is 0 Å². The van der Waals surface area contributed by atoms with E-state index < -0.39 is 11.5 Å². The largest absolute Gasteiger partial charge is 0.480 e. The van der Waals surface area contributed by atoms with E-state index in [1.165, 1.54) is 0 Å². The van der Waals surface area contributed by atoms with Crippen molar-refractivity contribution in [3.05, 3.63) is 0 Å². The zero-order valence-corrected chi connectivity index (χ0v) is 9.35. The van der Waals surface area contributed by atoms with Gasteiger partial charge in [0, 0.05) is 5.25 Å². The number of carboxylic acids is 1. The first kappa shape index (κ1) is 10.3. The lowest BCUT2D eigenvalue weighted by Gasteiger charge is -2.37. The van der Waals surface area contributed by atoms with E-state index >= 15 is 0 Å². The van der Waals surface area contributed by atoms with Crippen LogP contribution in [-0.2, 0) is 4.79 Å². The Kier molecular flexibility index (Phi) is 2.75. The molecule has 2 aliphatic heterocycles. The van der Waals surface area contributed by atoms with E-state index in [2.05, 4.69) is 11.8 Å². The Labute approximate surface area is 88.9 Å². The summed E-state index contributed by atoms with van der Waals surface area (Å²) in [6.07, 6.45) is 3.13. The number of thioether (sulfide) groups is 1. The Morgan fingerprint density at radius 2 is 2.14 bits per heavy atom. The van der Waals surface area contributed by atoms with Gasteiger partial charge in [0.15, 0.2) is 0 Å². The first-order chi connectivity index (χ1) is 6.68. The summed E-state index contributed by atoms with van der Waals surface area (Å²) in [6, 6.07) is 0. The smallest absolute Gasteiger partial charge is 0.325 e. The molecule has 0 aromatic carbocycles. The molecule has 0 spiro atoms. The number of hydrogen-bond acceptors (Lipinski definition) is 3. The van der Waals surface area contributed by atoms with Crippen LogP contribution in [0, 0.1) is 0 Å². The third kappa shape index (κ3) is 1.36. The van der Waals surface area contributed by atoms with Crippen LogP contribution in [0.2, 0.25) is 0 Å². The Balaban J connectivity index is 2.25. The summed E-state index contributed by atoms with van der Waals surface area (Å²) in [5.74, 6) is 0.376. The minimum atomic E-state index is -0.614. The SMILES string of the molecule is CC1SCCC1(C(=O)O)N1CCCC1. The van der Waals surface area contributed by atoms with Crippen LogP contribution in [0.15, 0.2) is 0 Å². The molecule has 3 nitrogen and oxygen atoms in total. The molecule has 0 saturated carbocycles. The van der Waals surface area contributed by atoms with E-state index in [1.807, 2.05) is 0 Å². The summed E-state index contributed by atoms with van der Waals surface area (Å²) < 4.78 is 0. The highest BCUT2D eigenvalue weighted by Gasteiger charge is 2.52. The monoisotopic (exact) mass is 215 g/mol. The molecule has 14 heavy (non-hydrogen) atoms. The van der Waals surface area contributed by atoms with Gasteiger partial charge < -0.3 is 5.11 Å². The van der Waals surface area contributed by atoms with E-state index in [9.17, 15) is 9.90 Å². The molecule has 0 amide bonds.